The van der Waals surface area contributed by atoms with Crippen molar-refractivity contribution in [3.05, 3.63) is 18.2 Å². The summed E-state index contributed by atoms with van der Waals surface area (Å²) >= 11 is 0. The molecule has 1 aliphatic rings. The lowest BCUT2D eigenvalue weighted by atomic mass is 10.2. The molecule has 1 atom stereocenters. The zero-order chi connectivity index (χ0) is 13.7. The van der Waals surface area contributed by atoms with Gasteiger partial charge in [-0.3, -0.25) is 0 Å². The molecule has 5 heteroatoms. The Hall–Kier alpha value is -0.910. The molecule has 1 saturated carbocycles. The highest BCUT2D eigenvalue weighted by Gasteiger charge is 2.27. The molecule has 0 bridgehead atoms. The van der Waals surface area contributed by atoms with E-state index in [4.69, 9.17) is 0 Å². The molecule has 1 aromatic rings. The third-order valence-corrected chi connectivity index (χ3v) is 3.89. The second kappa shape index (κ2) is 7.03. The number of hydrogen-bond donors (Lipinski definition) is 2. The molecule has 108 valence electrons. The number of imidazole rings is 1. The molecule has 5 nitrogen and oxygen atoms in total. The second-order valence-corrected chi connectivity index (χ2v) is 5.17. The van der Waals surface area contributed by atoms with E-state index in [1.807, 2.05) is 12.5 Å². The van der Waals surface area contributed by atoms with Gasteiger partial charge in [-0.15, -0.1) is 0 Å². The first-order chi connectivity index (χ1) is 9.30. The van der Waals surface area contributed by atoms with E-state index in [9.17, 15) is 5.11 Å². The normalized spacial score (nSPS) is 17.1. The number of likely N-dealkylation sites (N-methyl/N-ethyl adjacent to an activating group) is 1. The van der Waals surface area contributed by atoms with E-state index in [0.717, 1.165) is 31.9 Å². The molecule has 0 amide bonds. The van der Waals surface area contributed by atoms with Crippen LogP contribution < -0.4 is 5.32 Å². The quantitative estimate of drug-likeness (QED) is 0.705. The van der Waals surface area contributed by atoms with E-state index >= 15 is 0 Å². The van der Waals surface area contributed by atoms with Crippen LogP contribution in [0.5, 0.6) is 0 Å². The number of rotatable bonds is 9. The minimum Gasteiger partial charge on any atom is -0.394 e. The summed E-state index contributed by atoms with van der Waals surface area (Å²) < 4.78 is 2.21. The number of nitrogens with one attached hydrogen (secondary N) is 1. The Bertz CT molecular complexity index is 371. The predicted molar refractivity (Wildman–Crippen MR) is 76.1 cm³/mol. The SMILES string of the molecule is CCN(CC)CCNC(CO)c1cncn1C1CC1. The van der Waals surface area contributed by atoms with E-state index in [-0.39, 0.29) is 12.6 Å². The summed E-state index contributed by atoms with van der Waals surface area (Å²) in [6.45, 7) is 8.52. The standard InChI is InChI=1S/C14H26N4O/c1-3-17(4-2)8-7-16-13(10-19)14-9-15-11-18(14)12-5-6-12/h9,11-13,16,19H,3-8,10H2,1-2H3. The maximum absolute atomic E-state index is 9.59. The van der Waals surface area contributed by atoms with Crippen molar-refractivity contribution in [1.29, 1.82) is 0 Å². The summed E-state index contributed by atoms with van der Waals surface area (Å²) in [5.74, 6) is 0. The first-order valence-electron chi connectivity index (χ1n) is 7.38. The molecule has 0 spiro atoms. The van der Waals surface area contributed by atoms with Crippen molar-refractivity contribution >= 4 is 0 Å². The van der Waals surface area contributed by atoms with Gasteiger partial charge in [0.2, 0.25) is 0 Å². The van der Waals surface area contributed by atoms with Crippen LogP contribution in [0.4, 0.5) is 0 Å². The lowest BCUT2D eigenvalue weighted by Crippen LogP contribution is -2.35. The molecule has 1 aromatic heterocycles. The fourth-order valence-electron chi connectivity index (χ4n) is 2.44. The highest BCUT2D eigenvalue weighted by molar-refractivity contribution is 5.09. The van der Waals surface area contributed by atoms with Crippen LogP contribution in [0.3, 0.4) is 0 Å². The first kappa shape index (κ1) is 14.5. The van der Waals surface area contributed by atoms with Crippen molar-refractivity contribution in [2.24, 2.45) is 0 Å². The van der Waals surface area contributed by atoms with Gasteiger partial charge >= 0.3 is 0 Å². The minimum absolute atomic E-state index is 0.00124. The average molecular weight is 266 g/mol. The highest BCUT2D eigenvalue weighted by Crippen LogP contribution is 2.36. The molecule has 0 aromatic carbocycles. The number of aromatic nitrogens is 2. The van der Waals surface area contributed by atoms with Crippen molar-refractivity contribution in [2.45, 2.75) is 38.8 Å². The number of aliphatic hydroxyl groups excluding tert-OH is 1. The molecule has 1 heterocycles. The van der Waals surface area contributed by atoms with E-state index in [2.05, 4.69) is 33.6 Å². The van der Waals surface area contributed by atoms with E-state index in [1.54, 1.807) is 0 Å². The minimum atomic E-state index is -0.00124. The van der Waals surface area contributed by atoms with Gasteiger partial charge in [-0.25, -0.2) is 4.98 Å². The summed E-state index contributed by atoms with van der Waals surface area (Å²) in [5.41, 5.74) is 1.12. The largest absolute Gasteiger partial charge is 0.394 e. The molecule has 0 saturated heterocycles. The van der Waals surface area contributed by atoms with Gasteiger partial charge in [-0.1, -0.05) is 13.8 Å². The Morgan fingerprint density at radius 2 is 2.21 bits per heavy atom. The average Bonchev–Trinajstić information content (AvgIpc) is 3.18. The Balaban J connectivity index is 1.87. The zero-order valence-electron chi connectivity index (χ0n) is 12.0. The fourth-order valence-corrected chi connectivity index (χ4v) is 2.44. The number of aliphatic hydroxyl groups is 1. The lowest BCUT2D eigenvalue weighted by Gasteiger charge is -2.22. The third kappa shape index (κ3) is 3.78. The van der Waals surface area contributed by atoms with Gasteiger partial charge in [0.15, 0.2) is 0 Å². The van der Waals surface area contributed by atoms with Crippen LogP contribution in [0.1, 0.15) is 44.5 Å². The molecule has 2 N–H and O–H groups in total. The van der Waals surface area contributed by atoms with Crippen LogP contribution >= 0.6 is 0 Å². The summed E-state index contributed by atoms with van der Waals surface area (Å²) in [4.78, 5) is 6.60. The van der Waals surface area contributed by atoms with Crippen molar-refractivity contribution in [2.75, 3.05) is 32.8 Å². The van der Waals surface area contributed by atoms with E-state index < -0.39 is 0 Å². The molecule has 1 aliphatic carbocycles. The van der Waals surface area contributed by atoms with Crippen LogP contribution in [0.25, 0.3) is 0 Å². The maximum atomic E-state index is 9.59. The molecule has 19 heavy (non-hydrogen) atoms. The van der Waals surface area contributed by atoms with Gasteiger partial charge < -0.3 is 19.9 Å². The summed E-state index contributed by atoms with van der Waals surface area (Å²) in [5, 5.41) is 13.0. The Labute approximate surface area is 115 Å². The smallest absolute Gasteiger partial charge is 0.0951 e. The van der Waals surface area contributed by atoms with Crippen LogP contribution in [-0.2, 0) is 0 Å². The lowest BCUT2D eigenvalue weighted by molar-refractivity contribution is 0.228. The maximum Gasteiger partial charge on any atom is 0.0951 e. The summed E-state index contributed by atoms with van der Waals surface area (Å²) in [6.07, 6.45) is 6.24. The van der Waals surface area contributed by atoms with Gasteiger partial charge in [0.1, 0.15) is 0 Å². The Morgan fingerprint density at radius 1 is 1.47 bits per heavy atom. The van der Waals surface area contributed by atoms with Crippen LogP contribution in [0, 0.1) is 0 Å². The fraction of sp³-hybridized carbons (Fsp3) is 0.786. The topological polar surface area (TPSA) is 53.3 Å². The summed E-state index contributed by atoms with van der Waals surface area (Å²) in [6, 6.07) is 0.606. The van der Waals surface area contributed by atoms with Crippen molar-refractivity contribution in [1.82, 2.24) is 19.8 Å². The van der Waals surface area contributed by atoms with Crippen molar-refractivity contribution in [3.8, 4) is 0 Å². The number of hydrogen-bond acceptors (Lipinski definition) is 4. The van der Waals surface area contributed by atoms with Crippen LogP contribution in [0.2, 0.25) is 0 Å². The van der Waals surface area contributed by atoms with E-state index in [1.165, 1.54) is 12.8 Å². The van der Waals surface area contributed by atoms with Crippen molar-refractivity contribution in [3.63, 3.8) is 0 Å². The van der Waals surface area contributed by atoms with Gasteiger partial charge in [0, 0.05) is 25.3 Å². The molecule has 2 rings (SSSR count). The van der Waals surface area contributed by atoms with Crippen molar-refractivity contribution < 1.29 is 5.11 Å². The van der Waals surface area contributed by atoms with Gasteiger partial charge in [-0.05, 0) is 25.9 Å². The van der Waals surface area contributed by atoms with Crippen LogP contribution in [0.15, 0.2) is 12.5 Å². The summed E-state index contributed by atoms with van der Waals surface area (Å²) in [7, 11) is 0. The molecular weight excluding hydrogens is 240 g/mol. The zero-order valence-corrected chi connectivity index (χ0v) is 12.0. The van der Waals surface area contributed by atoms with E-state index in [0.29, 0.717) is 6.04 Å². The van der Waals surface area contributed by atoms with Gasteiger partial charge in [0.05, 0.1) is 24.7 Å². The number of nitrogens with zero attached hydrogens (tertiary/aromatic N) is 3. The molecule has 1 unspecified atom stereocenters. The third-order valence-electron chi connectivity index (χ3n) is 3.89. The Kier molecular flexibility index (Phi) is 5.36. The highest BCUT2D eigenvalue weighted by atomic mass is 16.3. The predicted octanol–water partition coefficient (Wildman–Crippen LogP) is 1.18. The van der Waals surface area contributed by atoms with Crippen LogP contribution in [-0.4, -0.2) is 52.3 Å². The first-order valence-corrected chi connectivity index (χ1v) is 7.38. The monoisotopic (exact) mass is 266 g/mol. The van der Waals surface area contributed by atoms with Gasteiger partial charge in [-0.2, -0.15) is 0 Å². The molecule has 1 fully saturated rings. The molecule has 0 radical (unpaired) electrons. The Morgan fingerprint density at radius 3 is 2.79 bits per heavy atom. The molecule has 0 aliphatic heterocycles. The second-order valence-electron chi connectivity index (χ2n) is 5.17. The van der Waals surface area contributed by atoms with Gasteiger partial charge in [0.25, 0.3) is 0 Å². The molecular formula is C14H26N4O.